The number of benzene rings is 1. The molecule has 0 bridgehead atoms. The topological polar surface area (TPSA) is 115 Å². The predicted molar refractivity (Wildman–Crippen MR) is 92.6 cm³/mol. The number of nitrogens with zero attached hydrogens (tertiary/aromatic N) is 2. The van der Waals surface area contributed by atoms with E-state index in [0.717, 1.165) is 11.8 Å². The minimum atomic E-state index is -0.475. The molecule has 0 fully saturated rings. The molecule has 1 aliphatic heterocycles. The minimum Gasteiger partial charge on any atom is -0.457 e. The molecule has 0 atom stereocenters. The molecule has 0 saturated heterocycles. The van der Waals surface area contributed by atoms with Crippen molar-refractivity contribution in [1.82, 2.24) is 5.32 Å². The van der Waals surface area contributed by atoms with Crippen molar-refractivity contribution in [2.24, 2.45) is 4.99 Å². The van der Waals surface area contributed by atoms with E-state index < -0.39 is 10.8 Å². The number of thioether (sulfide) groups is 1. The fourth-order valence-electron chi connectivity index (χ4n) is 2.08. The predicted octanol–water partition coefficient (Wildman–Crippen LogP) is 2.96. The number of amidine groups is 1. The second-order valence-corrected chi connectivity index (χ2v) is 6.05. The van der Waals surface area contributed by atoms with Crippen molar-refractivity contribution in [3.8, 4) is 11.3 Å². The standard InChI is InChI=1S/C16H11N3O5S/c1-9(20)17-16-18-15(21)14(25-16)8-12-6-7-13(24-12)10-2-4-11(5-3-10)19(22)23/h2-8H,1H3,(H,17,18,20,21)/b14-8-. The zero-order valence-corrected chi connectivity index (χ0v) is 13.7. The lowest BCUT2D eigenvalue weighted by molar-refractivity contribution is -0.384. The van der Waals surface area contributed by atoms with Gasteiger partial charge in [-0.1, -0.05) is 0 Å². The molecule has 8 nitrogen and oxygen atoms in total. The molecule has 126 valence electrons. The Bertz CT molecular complexity index is 928. The molecular weight excluding hydrogens is 346 g/mol. The monoisotopic (exact) mass is 357 g/mol. The Morgan fingerprint density at radius 3 is 2.64 bits per heavy atom. The van der Waals surface area contributed by atoms with Crippen molar-refractivity contribution >= 4 is 40.5 Å². The summed E-state index contributed by atoms with van der Waals surface area (Å²) in [5.74, 6) is 0.185. The fourth-order valence-corrected chi connectivity index (χ4v) is 2.92. The van der Waals surface area contributed by atoms with E-state index in [1.807, 2.05) is 0 Å². The van der Waals surface area contributed by atoms with Crippen LogP contribution in [0, 0.1) is 10.1 Å². The van der Waals surface area contributed by atoms with Gasteiger partial charge in [-0.2, -0.15) is 4.99 Å². The molecular formula is C16H11N3O5S. The summed E-state index contributed by atoms with van der Waals surface area (Å²) in [7, 11) is 0. The van der Waals surface area contributed by atoms with Crippen molar-refractivity contribution in [2.45, 2.75) is 6.92 Å². The number of non-ortho nitro benzene ring substituents is 1. The minimum absolute atomic E-state index is 0.00625. The number of nitrogens with one attached hydrogen (secondary N) is 1. The maximum atomic E-state index is 11.8. The number of carbonyl (C=O) groups is 2. The normalized spacial score (nSPS) is 15.3. The number of nitro benzene ring substituents is 1. The molecule has 0 saturated carbocycles. The lowest BCUT2D eigenvalue weighted by atomic mass is 10.1. The molecule has 25 heavy (non-hydrogen) atoms. The number of aliphatic imine (C=N–C) groups is 1. The Hall–Kier alpha value is -3.20. The molecule has 1 aromatic heterocycles. The molecule has 1 N–H and O–H groups in total. The summed E-state index contributed by atoms with van der Waals surface area (Å²) >= 11 is 1.05. The van der Waals surface area contributed by atoms with Crippen LogP contribution < -0.4 is 5.32 Å². The first-order chi connectivity index (χ1) is 11.9. The summed E-state index contributed by atoms with van der Waals surface area (Å²) in [6.45, 7) is 1.33. The second-order valence-electron chi connectivity index (χ2n) is 5.02. The Morgan fingerprint density at radius 2 is 2.00 bits per heavy atom. The first-order valence-electron chi connectivity index (χ1n) is 7.07. The lowest BCUT2D eigenvalue weighted by Gasteiger charge is -1.98. The quantitative estimate of drug-likeness (QED) is 0.513. The molecule has 2 amide bonds. The third-order valence-corrected chi connectivity index (χ3v) is 4.07. The van der Waals surface area contributed by atoms with Crippen LogP contribution in [0.3, 0.4) is 0 Å². The maximum Gasteiger partial charge on any atom is 0.286 e. The molecule has 1 aliphatic rings. The second kappa shape index (κ2) is 6.73. The van der Waals surface area contributed by atoms with E-state index in [4.69, 9.17) is 4.42 Å². The van der Waals surface area contributed by atoms with E-state index in [9.17, 15) is 19.7 Å². The number of amides is 2. The number of rotatable bonds is 3. The van der Waals surface area contributed by atoms with Gasteiger partial charge < -0.3 is 9.73 Å². The van der Waals surface area contributed by atoms with Crippen molar-refractivity contribution in [1.29, 1.82) is 0 Å². The van der Waals surface area contributed by atoms with Gasteiger partial charge in [0.1, 0.15) is 11.5 Å². The lowest BCUT2D eigenvalue weighted by Crippen LogP contribution is -2.23. The largest absolute Gasteiger partial charge is 0.457 e. The Balaban J connectivity index is 1.77. The molecule has 0 spiro atoms. The van der Waals surface area contributed by atoms with Gasteiger partial charge in [-0.25, -0.2) is 0 Å². The Kier molecular flexibility index (Phi) is 4.48. The van der Waals surface area contributed by atoms with Crippen LogP contribution in [0.2, 0.25) is 0 Å². The summed E-state index contributed by atoms with van der Waals surface area (Å²) in [6.07, 6.45) is 1.53. The summed E-state index contributed by atoms with van der Waals surface area (Å²) in [5.41, 5.74) is 0.670. The van der Waals surface area contributed by atoms with E-state index in [1.165, 1.54) is 25.1 Å². The van der Waals surface area contributed by atoms with Gasteiger partial charge in [0.2, 0.25) is 5.91 Å². The van der Waals surface area contributed by atoms with Crippen LogP contribution in [0.15, 0.2) is 50.7 Å². The number of nitro groups is 1. The SMILES string of the molecule is CC(=O)NC1=NC(=O)/C(=C/c2ccc(-c3ccc([N+](=O)[O-])cc3)o2)S1. The van der Waals surface area contributed by atoms with Gasteiger partial charge in [-0.05, 0) is 36.0 Å². The van der Waals surface area contributed by atoms with Crippen LogP contribution in [-0.4, -0.2) is 21.9 Å². The zero-order valence-electron chi connectivity index (χ0n) is 12.9. The van der Waals surface area contributed by atoms with Crippen LogP contribution in [0.1, 0.15) is 12.7 Å². The van der Waals surface area contributed by atoms with Gasteiger partial charge in [-0.15, -0.1) is 0 Å². The van der Waals surface area contributed by atoms with Crippen LogP contribution >= 0.6 is 11.8 Å². The van der Waals surface area contributed by atoms with E-state index in [1.54, 1.807) is 24.3 Å². The fraction of sp³-hybridized carbons (Fsp3) is 0.0625. The van der Waals surface area contributed by atoms with E-state index in [-0.39, 0.29) is 16.8 Å². The molecule has 3 rings (SSSR count). The number of hydrogen-bond acceptors (Lipinski definition) is 6. The molecule has 1 aromatic carbocycles. The third-order valence-electron chi connectivity index (χ3n) is 3.17. The molecule has 2 aromatic rings. The van der Waals surface area contributed by atoms with Gasteiger partial charge in [0.25, 0.3) is 11.6 Å². The molecule has 2 heterocycles. The van der Waals surface area contributed by atoms with Crippen molar-refractivity contribution < 1.29 is 18.9 Å². The Morgan fingerprint density at radius 1 is 1.28 bits per heavy atom. The van der Waals surface area contributed by atoms with Crippen molar-refractivity contribution in [3.63, 3.8) is 0 Å². The first kappa shape index (κ1) is 16.7. The molecule has 0 unspecified atom stereocenters. The maximum absolute atomic E-state index is 11.8. The van der Waals surface area contributed by atoms with Gasteiger partial charge in [0.05, 0.1) is 9.83 Å². The van der Waals surface area contributed by atoms with Gasteiger partial charge >= 0.3 is 0 Å². The summed E-state index contributed by atoms with van der Waals surface area (Å²) in [4.78, 5) is 37.1. The molecule has 9 heteroatoms. The van der Waals surface area contributed by atoms with Gasteiger partial charge in [0, 0.05) is 30.7 Å². The highest BCUT2D eigenvalue weighted by Crippen LogP contribution is 2.30. The molecule has 0 radical (unpaired) electrons. The molecule has 0 aliphatic carbocycles. The van der Waals surface area contributed by atoms with E-state index in [0.29, 0.717) is 22.0 Å². The van der Waals surface area contributed by atoms with E-state index in [2.05, 4.69) is 10.3 Å². The number of furan rings is 1. The highest BCUT2D eigenvalue weighted by Gasteiger charge is 2.23. The van der Waals surface area contributed by atoms with Crippen LogP contribution in [0.25, 0.3) is 17.4 Å². The highest BCUT2D eigenvalue weighted by atomic mass is 32.2. The van der Waals surface area contributed by atoms with Crippen molar-refractivity contribution in [2.75, 3.05) is 0 Å². The summed E-state index contributed by atoms with van der Waals surface area (Å²) in [5, 5.41) is 13.4. The van der Waals surface area contributed by atoms with Gasteiger partial charge in [0.15, 0.2) is 5.17 Å². The summed E-state index contributed by atoms with van der Waals surface area (Å²) < 4.78 is 5.65. The average molecular weight is 357 g/mol. The average Bonchev–Trinajstić information content (AvgIpc) is 3.14. The van der Waals surface area contributed by atoms with Crippen LogP contribution in [-0.2, 0) is 9.59 Å². The third kappa shape index (κ3) is 3.83. The number of hydrogen-bond donors (Lipinski definition) is 1. The van der Waals surface area contributed by atoms with Gasteiger partial charge in [-0.3, -0.25) is 19.7 Å². The Labute approximate surface area is 145 Å². The smallest absolute Gasteiger partial charge is 0.286 e. The van der Waals surface area contributed by atoms with Crippen LogP contribution in [0.4, 0.5) is 5.69 Å². The van der Waals surface area contributed by atoms with Crippen molar-refractivity contribution in [3.05, 3.63) is 57.2 Å². The van der Waals surface area contributed by atoms with E-state index >= 15 is 0 Å². The van der Waals surface area contributed by atoms with Crippen LogP contribution in [0.5, 0.6) is 0 Å². The number of carbonyl (C=O) groups excluding carboxylic acids is 2. The summed E-state index contributed by atoms with van der Waals surface area (Å²) in [6, 6.07) is 9.32. The highest BCUT2D eigenvalue weighted by molar-refractivity contribution is 8.18. The first-order valence-corrected chi connectivity index (χ1v) is 7.89. The zero-order chi connectivity index (χ0) is 18.0.